The highest BCUT2D eigenvalue weighted by Crippen LogP contribution is 2.20. The van der Waals surface area contributed by atoms with Gasteiger partial charge in [-0.25, -0.2) is 9.97 Å². The molecule has 0 radical (unpaired) electrons. The maximum Gasteiger partial charge on any atom is 0.274 e. The Bertz CT molecular complexity index is 802. The molecule has 1 saturated heterocycles. The largest absolute Gasteiger partial charge is 0.337 e. The van der Waals surface area contributed by atoms with Crippen molar-refractivity contribution < 1.29 is 4.79 Å². The van der Waals surface area contributed by atoms with E-state index in [9.17, 15) is 4.79 Å². The van der Waals surface area contributed by atoms with Gasteiger partial charge in [-0.05, 0) is 25.0 Å². The number of nitrogens with zero attached hydrogens (tertiary/aromatic N) is 4. The van der Waals surface area contributed by atoms with Crippen LogP contribution in [0.2, 0.25) is 0 Å². The van der Waals surface area contributed by atoms with Crippen LogP contribution in [0, 0.1) is 0 Å². The molecule has 100 valence electrons. The highest BCUT2D eigenvalue weighted by molar-refractivity contribution is 6.01. The number of imidazole rings is 1. The summed E-state index contributed by atoms with van der Waals surface area (Å²) in [7, 11) is 0. The first-order valence-corrected chi connectivity index (χ1v) is 6.85. The lowest BCUT2D eigenvalue weighted by atomic mass is 10.2. The maximum absolute atomic E-state index is 12.6. The van der Waals surface area contributed by atoms with Gasteiger partial charge in [-0.2, -0.15) is 0 Å². The zero-order valence-electron chi connectivity index (χ0n) is 11.0. The Morgan fingerprint density at radius 3 is 2.75 bits per heavy atom. The fraction of sp³-hybridized carbons (Fsp3) is 0.267. The topological polar surface area (TPSA) is 50.5 Å². The summed E-state index contributed by atoms with van der Waals surface area (Å²) in [6.07, 6.45) is 5.60. The molecule has 4 rings (SSSR count). The van der Waals surface area contributed by atoms with Crippen molar-refractivity contribution in [2.24, 2.45) is 0 Å². The second-order valence-corrected chi connectivity index (χ2v) is 5.10. The Morgan fingerprint density at radius 1 is 1.10 bits per heavy atom. The Hall–Kier alpha value is -2.43. The third-order valence-electron chi connectivity index (χ3n) is 3.85. The lowest BCUT2D eigenvalue weighted by molar-refractivity contribution is 0.0789. The Kier molecular flexibility index (Phi) is 2.45. The molecule has 1 aliphatic rings. The molecule has 0 aliphatic carbocycles. The number of amides is 1. The van der Waals surface area contributed by atoms with Gasteiger partial charge < -0.3 is 4.90 Å². The van der Waals surface area contributed by atoms with Crippen LogP contribution in [0.1, 0.15) is 23.3 Å². The molecule has 5 heteroatoms. The first kappa shape index (κ1) is 11.4. The zero-order chi connectivity index (χ0) is 13.5. The summed E-state index contributed by atoms with van der Waals surface area (Å²) in [5, 5.41) is 0. The van der Waals surface area contributed by atoms with Crippen molar-refractivity contribution in [3.63, 3.8) is 0 Å². The van der Waals surface area contributed by atoms with Crippen LogP contribution in [0.5, 0.6) is 0 Å². The van der Waals surface area contributed by atoms with Gasteiger partial charge in [0.15, 0.2) is 5.69 Å². The van der Waals surface area contributed by atoms with E-state index in [1.54, 1.807) is 12.5 Å². The van der Waals surface area contributed by atoms with Crippen molar-refractivity contribution >= 4 is 22.5 Å². The average Bonchev–Trinajstić information content (AvgIpc) is 3.16. The second kappa shape index (κ2) is 4.30. The lowest BCUT2D eigenvalue weighted by Gasteiger charge is -2.15. The van der Waals surface area contributed by atoms with E-state index in [1.165, 1.54) is 0 Å². The van der Waals surface area contributed by atoms with E-state index in [0.717, 1.165) is 42.5 Å². The van der Waals surface area contributed by atoms with Crippen LogP contribution in [0.15, 0.2) is 36.8 Å². The second-order valence-electron chi connectivity index (χ2n) is 5.10. The molecule has 2 aromatic heterocycles. The van der Waals surface area contributed by atoms with E-state index in [1.807, 2.05) is 33.6 Å². The molecule has 1 amide bonds. The molecule has 5 nitrogen and oxygen atoms in total. The molecular weight excluding hydrogens is 252 g/mol. The van der Waals surface area contributed by atoms with Gasteiger partial charge >= 0.3 is 0 Å². The van der Waals surface area contributed by atoms with Gasteiger partial charge in [0.25, 0.3) is 5.91 Å². The van der Waals surface area contributed by atoms with Crippen molar-refractivity contribution in [2.75, 3.05) is 13.1 Å². The predicted octanol–water partition coefficient (Wildman–Crippen LogP) is 2.12. The number of rotatable bonds is 1. The lowest BCUT2D eigenvalue weighted by Crippen LogP contribution is -2.28. The number of likely N-dealkylation sites (tertiary alicyclic amines) is 1. The first-order chi connectivity index (χ1) is 9.84. The minimum absolute atomic E-state index is 0.0127. The molecule has 0 N–H and O–H groups in total. The molecule has 0 bridgehead atoms. The Morgan fingerprint density at radius 2 is 1.90 bits per heavy atom. The van der Waals surface area contributed by atoms with Crippen LogP contribution >= 0.6 is 0 Å². The Labute approximate surface area is 115 Å². The molecule has 20 heavy (non-hydrogen) atoms. The predicted molar refractivity (Wildman–Crippen MR) is 75.6 cm³/mol. The minimum atomic E-state index is 0.0127. The van der Waals surface area contributed by atoms with Gasteiger partial charge in [-0.15, -0.1) is 0 Å². The number of hydrogen-bond donors (Lipinski definition) is 0. The van der Waals surface area contributed by atoms with Crippen LogP contribution in [-0.2, 0) is 0 Å². The van der Waals surface area contributed by atoms with Gasteiger partial charge in [0.1, 0.15) is 0 Å². The average molecular weight is 266 g/mol. The molecule has 3 heterocycles. The summed E-state index contributed by atoms with van der Waals surface area (Å²) in [6.45, 7) is 1.65. The number of aromatic nitrogens is 3. The van der Waals surface area contributed by atoms with Gasteiger partial charge in [0, 0.05) is 13.1 Å². The van der Waals surface area contributed by atoms with Gasteiger partial charge in [-0.3, -0.25) is 9.20 Å². The van der Waals surface area contributed by atoms with Crippen molar-refractivity contribution in [2.45, 2.75) is 12.8 Å². The summed E-state index contributed by atoms with van der Waals surface area (Å²) < 4.78 is 1.94. The van der Waals surface area contributed by atoms with Crippen molar-refractivity contribution in [1.29, 1.82) is 0 Å². The van der Waals surface area contributed by atoms with E-state index in [-0.39, 0.29) is 5.91 Å². The number of hydrogen-bond acceptors (Lipinski definition) is 3. The van der Waals surface area contributed by atoms with E-state index in [2.05, 4.69) is 9.97 Å². The third-order valence-corrected chi connectivity index (χ3v) is 3.85. The highest BCUT2D eigenvalue weighted by atomic mass is 16.2. The van der Waals surface area contributed by atoms with Crippen LogP contribution in [0.3, 0.4) is 0 Å². The third kappa shape index (κ3) is 1.59. The van der Waals surface area contributed by atoms with Crippen LogP contribution in [0.25, 0.3) is 16.6 Å². The molecular formula is C15H14N4O. The van der Waals surface area contributed by atoms with Crippen molar-refractivity contribution in [1.82, 2.24) is 19.3 Å². The molecule has 1 aromatic carbocycles. The summed E-state index contributed by atoms with van der Waals surface area (Å²) in [6, 6.07) is 7.81. The normalized spacial score (nSPS) is 15.3. The quantitative estimate of drug-likeness (QED) is 0.678. The number of carbonyl (C=O) groups excluding carboxylic acids is 1. The highest BCUT2D eigenvalue weighted by Gasteiger charge is 2.23. The molecule has 0 saturated carbocycles. The molecule has 1 aliphatic heterocycles. The SMILES string of the molecule is O=C(c1nc2ccccc2n2cncc12)N1CCCC1. The smallest absolute Gasteiger partial charge is 0.274 e. The van der Waals surface area contributed by atoms with E-state index >= 15 is 0 Å². The van der Waals surface area contributed by atoms with Gasteiger partial charge in [0.2, 0.25) is 0 Å². The number of benzene rings is 1. The fourth-order valence-electron chi connectivity index (χ4n) is 2.83. The summed E-state index contributed by atoms with van der Waals surface area (Å²) in [4.78, 5) is 23.2. The number of para-hydroxylation sites is 2. The minimum Gasteiger partial charge on any atom is -0.337 e. The summed E-state index contributed by atoms with van der Waals surface area (Å²) in [5.41, 5.74) is 3.07. The maximum atomic E-state index is 12.6. The van der Waals surface area contributed by atoms with E-state index < -0.39 is 0 Å². The molecule has 0 unspecified atom stereocenters. The van der Waals surface area contributed by atoms with Crippen molar-refractivity contribution in [3.8, 4) is 0 Å². The van der Waals surface area contributed by atoms with Crippen LogP contribution in [0.4, 0.5) is 0 Å². The summed E-state index contributed by atoms with van der Waals surface area (Å²) in [5.74, 6) is 0.0127. The fourth-order valence-corrected chi connectivity index (χ4v) is 2.83. The zero-order valence-corrected chi connectivity index (χ0v) is 11.0. The molecule has 0 spiro atoms. The summed E-state index contributed by atoms with van der Waals surface area (Å²) >= 11 is 0. The number of carbonyl (C=O) groups is 1. The van der Waals surface area contributed by atoms with Crippen LogP contribution < -0.4 is 0 Å². The number of fused-ring (bicyclic) bond motifs is 3. The van der Waals surface area contributed by atoms with Crippen LogP contribution in [-0.4, -0.2) is 38.3 Å². The van der Waals surface area contributed by atoms with Gasteiger partial charge in [-0.1, -0.05) is 12.1 Å². The van der Waals surface area contributed by atoms with Gasteiger partial charge in [0.05, 0.1) is 29.1 Å². The molecule has 3 aromatic rings. The standard InChI is InChI=1S/C15H14N4O/c20-15(18-7-3-4-8-18)14-13-9-16-10-19(13)12-6-2-1-5-11(12)17-14/h1-2,5-6,9-10H,3-4,7-8H2. The molecule has 1 fully saturated rings. The Balaban J connectivity index is 1.96. The molecule has 0 atom stereocenters. The van der Waals surface area contributed by atoms with Crippen molar-refractivity contribution in [3.05, 3.63) is 42.5 Å². The monoisotopic (exact) mass is 266 g/mol. The first-order valence-electron chi connectivity index (χ1n) is 6.85. The van der Waals surface area contributed by atoms with E-state index in [4.69, 9.17) is 0 Å². The van der Waals surface area contributed by atoms with E-state index in [0.29, 0.717) is 5.69 Å².